The lowest BCUT2D eigenvalue weighted by Gasteiger charge is -2.21. The zero-order chi connectivity index (χ0) is 18.8. The van der Waals surface area contributed by atoms with Crippen molar-refractivity contribution in [2.75, 3.05) is 6.54 Å². The maximum Gasteiger partial charge on any atom is 0.303 e. The Morgan fingerprint density at radius 3 is 2.42 bits per heavy atom. The van der Waals surface area contributed by atoms with Gasteiger partial charge in [0.15, 0.2) is 0 Å². The minimum atomic E-state index is -0.886. The lowest BCUT2D eigenvalue weighted by Crippen LogP contribution is -2.44. The number of hydrogen-bond donors (Lipinski definition) is 3. The number of carbonyl (C=O) groups excluding carboxylic acids is 2. The van der Waals surface area contributed by atoms with Gasteiger partial charge in [-0.05, 0) is 31.2 Å². The van der Waals surface area contributed by atoms with Gasteiger partial charge in [-0.2, -0.15) is 0 Å². The molecule has 6 nitrogen and oxygen atoms in total. The number of carboxylic acid groups (broad SMARTS) is 1. The van der Waals surface area contributed by atoms with Gasteiger partial charge in [-0.15, -0.1) is 0 Å². The normalized spacial score (nSPS) is 15.8. The van der Waals surface area contributed by atoms with Crippen LogP contribution in [-0.2, 0) is 20.8 Å². The largest absolute Gasteiger partial charge is 0.481 e. The van der Waals surface area contributed by atoms with Gasteiger partial charge in [0.05, 0.1) is 6.54 Å². The van der Waals surface area contributed by atoms with Gasteiger partial charge in [0.1, 0.15) is 0 Å². The average molecular weight is 360 g/mol. The second-order valence-electron chi connectivity index (χ2n) is 6.94. The summed E-state index contributed by atoms with van der Waals surface area (Å²) in [6, 6.07) is 9.36. The number of carboxylic acids is 1. The molecule has 1 fully saturated rings. The summed E-state index contributed by atoms with van der Waals surface area (Å²) in [5.74, 6) is -1.20. The highest BCUT2D eigenvalue weighted by Crippen LogP contribution is 2.23. The molecule has 142 valence electrons. The number of aliphatic carboxylic acids is 1. The molecule has 1 aromatic rings. The summed E-state index contributed by atoms with van der Waals surface area (Å²) in [5.41, 5.74) is 1.04. The van der Waals surface area contributed by atoms with Crippen molar-refractivity contribution in [3.8, 4) is 0 Å². The summed E-state index contributed by atoms with van der Waals surface area (Å²) >= 11 is 0. The summed E-state index contributed by atoms with van der Waals surface area (Å²) < 4.78 is 0. The maximum atomic E-state index is 12.2. The van der Waals surface area contributed by atoms with E-state index in [1.54, 1.807) is 0 Å². The highest BCUT2D eigenvalue weighted by atomic mass is 16.4. The standard InChI is InChI=1S/C20H28N2O4/c23-18(14-21-20(26)16-9-5-2-6-10-16)22-17(11-12-19(24)25)13-15-7-3-1-4-8-15/h1,3-4,7-8,16-17H,2,5-6,9-14H2,(H,21,26)(H,22,23)(H,24,25). The maximum absolute atomic E-state index is 12.2. The molecule has 0 aromatic heterocycles. The van der Waals surface area contributed by atoms with E-state index in [1.165, 1.54) is 6.42 Å². The third-order valence-electron chi connectivity index (χ3n) is 4.80. The molecule has 1 saturated carbocycles. The third-order valence-corrected chi connectivity index (χ3v) is 4.80. The van der Waals surface area contributed by atoms with Crippen LogP contribution >= 0.6 is 0 Å². The summed E-state index contributed by atoms with van der Waals surface area (Å²) in [4.78, 5) is 35.2. The van der Waals surface area contributed by atoms with Crippen LogP contribution < -0.4 is 10.6 Å². The van der Waals surface area contributed by atoms with Crippen LogP contribution in [0.15, 0.2) is 30.3 Å². The molecule has 1 aliphatic carbocycles. The van der Waals surface area contributed by atoms with Crippen molar-refractivity contribution in [1.82, 2.24) is 10.6 Å². The summed E-state index contributed by atoms with van der Waals surface area (Å²) in [6.45, 7) is -0.0618. The van der Waals surface area contributed by atoms with Crippen LogP contribution in [0.25, 0.3) is 0 Å². The van der Waals surface area contributed by atoms with E-state index in [-0.39, 0.29) is 36.7 Å². The number of carbonyl (C=O) groups is 3. The third kappa shape index (κ3) is 7.25. The molecule has 0 spiro atoms. The first-order chi connectivity index (χ1) is 12.5. The van der Waals surface area contributed by atoms with Crippen LogP contribution in [0.4, 0.5) is 0 Å². The molecule has 3 N–H and O–H groups in total. The van der Waals surface area contributed by atoms with Crippen molar-refractivity contribution in [2.45, 2.75) is 57.4 Å². The monoisotopic (exact) mass is 360 g/mol. The number of rotatable bonds is 9. The van der Waals surface area contributed by atoms with Gasteiger partial charge >= 0.3 is 5.97 Å². The van der Waals surface area contributed by atoms with E-state index in [9.17, 15) is 14.4 Å². The van der Waals surface area contributed by atoms with Crippen molar-refractivity contribution in [3.05, 3.63) is 35.9 Å². The van der Waals surface area contributed by atoms with Gasteiger partial charge in [0, 0.05) is 18.4 Å². The van der Waals surface area contributed by atoms with Crippen molar-refractivity contribution in [3.63, 3.8) is 0 Å². The molecule has 0 saturated heterocycles. The van der Waals surface area contributed by atoms with E-state index in [4.69, 9.17) is 5.11 Å². The molecule has 1 unspecified atom stereocenters. The Morgan fingerprint density at radius 2 is 1.77 bits per heavy atom. The Balaban J connectivity index is 1.82. The molecule has 0 bridgehead atoms. The molecule has 1 atom stereocenters. The highest BCUT2D eigenvalue weighted by Gasteiger charge is 2.22. The number of amides is 2. The van der Waals surface area contributed by atoms with Crippen LogP contribution in [0.2, 0.25) is 0 Å². The second-order valence-corrected chi connectivity index (χ2v) is 6.94. The van der Waals surface area contributed by atoms with E-state index in [2.05, 4.69) is 10.6 Å². The molecule has 0 heterocycles. The lowest BCUT2D eigenvalue weighted by molar-refractivity contribution is -0.137. The molecule has 2 amide bonds. The minimum Gasteiger partial charge on any atom is -0.481 e. The van der Waals surface area contributed by atoms with E-state index in [0.717, 1.165) is 31.2 Å². The smallest absolute Gasteiger partial charge is 0.303 e. The fourth-order valence-corrected chi connectivity index (χ4v) is 3.38. The number of nitrogens with one attached hydrogen (secondary N) is 2. The SMILES string of the molecule is O=C(O)CCC(Cc1ccccc1)NC(=O)CNC(=O)C1CCCCC1. The molecule has 1 aromatic carbocycles. The van der Waals surface area contributed by atoms with E-state index in [1.807, 2.05) is 30.3 Å². The van der Waals surface area contributed by atoms with Crippen LogP contribution in [0, 0.1) is 5.92 Å². The summed E-state index contributed by atoms with van der Waals surface area (Å²) in [5, 5.41) is 14.5. The molecular formula is C20H28N2O4. The predicted molar refractivity (Wildman–Crippen MR) is 98.5 cm³/mol. The summed E-state index contributed by atoms with van der Waals surface area (Å²) in [6.07, 6.45) is 6.01. The van der Waals surface area contributed by atoms with Crippen molar-refractivity contribution < 1.29 is 19.5 Å². The Hall–Kier alpha value is -2.37. The minimum absolute atomic E-state index is 0.00772. The fourth-order valence-electron chi connectivity index (χ4n) is 3.38. The first-order valence-corrected chi connectivity index (χ1v) is 9.37. The van der Waals surface area contributed by atoms with Gasteiger partial charge < -0.3 is 15.7 Å². The van der Waals surface area contributed by atoms with Gasteiger partial charge in [0.2, 0.25) is 11.8 Å². The molecule has 0 radical (unpaired) electrons. The van der Waals surface area contributed by atoms with Crippen molar-refractivity contribution >= 4 is 17.8 Å². The Morgan fingerprint density at radius 1 is 1.08 bits per heavy atom. The quantitative estimate of drug-likeness (QED) is 0.629. The van der Waals surface area contributed by atoms with Gasteiger partial charge in [0.25, 0.3) is 0 Å². The molecule has 6 heteroatoms. The molecule has 2 rings (SSSR count). The van der Waals surface area contributed by atoms with E-state index >= 15 is 0 Å². The summed E-state index contributed by atoms with van der Waals surface area (Å²) in [7, 11) is 0. The van der Waals surface area contributed by atoms with Gasteiger partial charge in [-0.3, -0.25) is 14.4 Å². The molecule has 0 aliphatic heterocycles. The zero-order valence-electron chi connectivity index (χ0n) is 15.1. The first-order valence-electron chi connectivity index (χ1n) is 9.37. The fraction of sp³-hybridized carbons (Fsp3) is 0.550. The van der Waals surface area contributed by atoms with Crippen LogP contribution in [0.1, 0.15) is 50.5 Å². The molecule has 26 heavy (non-hydrogen) atoms. The Bertz CT molecular complexity index is 597. The average Bonchev–Trinajstić information content (AvgIpc) is 2.65. The van der Waals surface area contributed by atoms with Gasteiger partial charge in [-0.25, -0.2) is 0 Å². The lowest BCUT2D eigenvalue weighted by atomic mass is 9.89. The van der Waals surface area contributed by atoms with Crippen LogP contribution in [0.3, 0.4) is 0 Å². The van der Waals surface area contributed by atoms with E-state index < -0.39 is 5.97 Å². The highest BCUT2D eigenvalue weighted by molar-refractivity contribution is 5.86. The predicted octanol–water partition coefficient (Wildman–Crippen LogP) is 2.28. The van der Waals surface area contributed by atoms with Crippen molar-refractivity contribution in [2.24, 2.45) is 5.92 Å². The van der Waals surface area contributed by atoms with Crippen molar-refractivity contribution in [1.29, 1.82) is 0 Å². The van der Waals surface area contributed by atoms with E-state index in [0.29, 0.717) is 12.8 Å². The second kappa shape index (κ2) is 10.6. The van der Waals surface area contributed by atoms with Crippen LogP contribution in [-0.4, -0.2) is 35.5 Å². The molecular weight excluding hydrogens is 332 g/mol. The first kappa shape index (κ1) is 19.9. The van der Waals surface area contributed by atoms with Gasteiger partial charge in [-0.1, -0.05) is 49.6 Å². The Labute approximate surface area is 154 Å². The topological polar surface area (TPSA) is 95.5 Å². The number of benzene rings is 1. The molecule has 1 aliphatic rings. The zero-order valence-corrected chi connectivity index (χ0v) is 15.1. The number of hydrogen-bond acceptors (Lipinski definition) is 3. The van der Waals surface area contributed by atoms with Crippen LogP contribution in [0.5, 0.6) is 0 Å². The Kier molecular flexibility index (Phi) is 8.12.